The average molecular weight is 248 g/mol. The molecule has 0 aliphatic heterocycles. The van der Waals surface area contributed by atoms with Gasteiger partial charge in [-0.15, -0.1) is 0 Å². The van der Waals surface area contributed by atoms with E-state index >= 15 is 0 Å². The quantitative estimate of drug-likeness (QED) is 0.698. The zero-order chi connectivity index (χ0) is 12.5. The molecule has 18 heavy (non-hydrogen) atoms. The smallest absolute Gasteiger partial charge is 0.136 e. The Balaban J connectivity index is 1.46. The summed E-state index contributed by atoms with van der Waals surface area (Å²) in [5.74, 6) is 4.83. The Hall–Kier alpha value is -0.330. The van der Waals surface area contributed by atoms with Gasteiger partial charge < -0.3 is 0 Å². The molecule has 1 unspecified atom stereocenters. The Bertz CT molecular complexity index is 293. The molecule has 3 rings (SSSR count). The monoisotopic (exact) mass is 248 g/mol. The Morgan fingerprint density at radius 2 is 1.22 bits per heavy atom. The molecule has 3 saturated carbocycles. The first-order chi connectivity index (χ1) is 8.74. The van der Waals surface area contributed by atoms with Gasteiger partial charge in [0.1, 0.15) is 5.78 Å². The van der Waals surface area contributed by atoms with Crippen LogP contribution < -0.4 is 0 Å². The van der Waals surface area contributed by atoms with Gasteiger partial charge in [0.15, 0.2) is 0 Å². The Morgan fingerprint density at radius 3 is 1.67 bits per heavy atom. The van der Waals surface area contributed by atoms with Gasteiger partial charge in [-0.2, -0.15) is 0 Å². The molecular weight excluding hydrogens is 220 g/mol. The molecule has 1 atom stereocenters. The van der Waals surface area contributed by atoms with Crippen molar-refractivity contribution in [3.63, 3.8) is 0 Å². The molecule has 102 valence electrons. The molecule has 0 spiro atoms. The summed E-state index contributed by atoms with van der Waals surface area (Å²) in [7, 11) is 0. The van der Waals surface area contributed by atoms with Crippen molar-refractivity contribution >= 4 is 5.78 Å². The van der Waals surface area contributed by atoms with Crippen LogP contribution in [0.15, 0.2) is 0 Å². The topological polar surface area (TPSA) is 17.1 Å². The third-order valence-electron chi connectivity index (χ3n) is 6.23. The number of carbonyl (C=O) groups is 1. The van der Waals surface area contributed by atoms with Crippen LogP contribution in [0.2, 0.25) is 0 Å². The molecule has 3 aliphatic rings. The molecule has 3 aliphatic carbocycles. The van der Waals surface area contributed by atoms with Crippen LogP contribution in [-0.4, -0.2) is 5.78 Å². The van der Waals surface area contributed by atoms with E-state index in [2.05, 4.69) is 6.92 Å². The predicted octanol–water partition coefficient (Wildman–Crippen LogP) is 4.60. The molecule has 0 amide bonds. The number of rotatable bonds is 2. The average Bonchev–Trinajstić information content (AvgIpc) is 2.39. The second kappa shape index (κ2) is 5.35. The second-order valence-corrected chi connectivity index (χ2v) is 7.31. The van der Waals surface area contributed by atoms with E-state index in [1.807, 2.05) is 0 Å². The van der Waals surface area contributed by atoms with E-state index in [-0.39, 0.29) is 0 Å². The Labute approximate surface area is 112 Å². The van der Waals surface area contributed by atoms with E-state index in [0.717, 1.165) is 30.1 Å². The molecule has 0 aromatic rings. The Morgan fingerprint density at radius 1 is 0.722 bits per heavy atom. The third-order valence-corrected chi connectivity index (χ3v) is 6.23. The molecule has 0 N–H and O–H groups in total. The molecule has 0 heterocycles. The lowest BCUT2D eigenvalue weighted by atomic mass is 9.64. The van der Waals surface area contributed by atoms with Crippen molar-refractivity contribution in [2.24, 2.45) is 29.6 Å². The fourth-order valence-corrected chi connectivity index (χ4v) is 4.70. The van der Waals surface area contributed by atoms with Gasteiger partial charge in [0.2, 0.25) is 0 Å². The first kappa shape index (κ1) is 12.7. The number of hydrogen-bond donors (Lipinski definition) is 0. The standard InChI is InChI=1S/C17H28O/c1-12-2-4-13(5-3-12)14-6-8-15(9-7-14)16-10-11-17(16)18/h12-16H,2-11H2,1H3. The van der Waals surface area contributed by atoms with Gasteiger partial charge in [-0.3, -0.25) is 4.79 Å². The van der Waals surface area contributed by atoms with Crippen LogP contribution in [-0.2, 0) is 4.79 Å². The zero-order valence-electron chi connectivity index (χ0n) is 11.9. The summed E-state index contributed by atoms with van der Waals surface area (Å²) < 4.78 is 0. The number of ketones is 1. The van der Waals surface area contributed by atoms with E-state index in [1.54, 1.807) is 0 Å². The normalized spacial score (nSPS) is 45.6. The fraction of sp³-hybridized carbons (Fsp3) is 0.941. The molecule has 1 nitrogen and oxygen atoms in total. The lowest BCUT2D eigenvalue weighted by Gasteiger charge is -2.41. The number of carbonyl (C=O) groups excluding carboxylic acids is 1. The van der Waals surface area contributed by atoms with Crippen LogP contribution in [0.25, 0.3) is 0 Å². The van der Waals surface area contributed by atoms with E-state index in [1.165, 1.54) is 57.8 Å². The molecule has 0 radical (unpaired) electrons. The SMILES string of the molecule is CC1CCC(C2CCC(C3CCC3=O)CC2)CC1. The van der Waals surface area contributed by atoms with Crippen molar-refractivity contribution in [1.29, 1.82) is 0 Å². The fourth-order valence-electron chi connectivity index (χ4n) is 4.70. The van der Waals surface area contributed by atoms with Gasteiger partial charge in [-0.25, -0.2) is 0 Å². The highest BCUT2D eigenvalue weighted by Crippen LogP contribution is 2.45. The molecule has 1 heteroatoms. The maximum Gasteiger partial charge on any atom is 0.136 e. The highest BCUT2D eigenvalue weighted by atomic mass is 16.1. The highest BCUT2D eigenvalue weighted by molar-refractivity contribution is 5.86. The van der Waals surface area contributed by atoms with E-state index in [4.69, 9.17) is 0 Å². The highest BCUT2D eigenvalue weighted by Gasteiger charge is 2.38. The van der Waals surface area contributed by atoms with Crippen molar-refractivity contribution in [3.05, 3.63) is 0 Å². The van der Waals surface area contributed by atoms with E-state index in [9.17, 15) is 4.79 Å². The zero-order valence-corrected chi connectivity index (χ0v) is 11.9. The van der Waals surface area contributed by atoms with Crippen molar-refractivity contribution in [1.82, 2.24) is 0 Å². The minimum absolute atomic E-state index is 0.484. The number of Topliss-reactive ketones (excluding diaryl/α,β-unsaturated/α-hetero) is 1. The van der Waals surface area contributed by atoms with Crippen LogP contribution >= 0.6 is 0 Å². The lowest BCUT2D eigenvalue weighted by Crippen LogP contribution is -2.36. The van der Waals surface area contributed by atoms with Crippen molar-refractivity contribution < 1.29 is 4.79 Å². The predicted molar refractivity (Wildman–Crippen MR) is 74.3 cm³/mol. The van der Waals surface area contributed by atoms with Gasteiger partial charge in [0, 0.05) is 12.3 Å². The maximum absolute atomic E-state index is 11.5. The van der Waals surface area contributed by atoms with E-state index in [0.29, 0.717) is 11.7 Å². The summed E-state index contributed by atoms with van der Waals surface area (Å²) in [6, 6.07) is 0. The summed E-state index contributed by atoms with van der Waals surface area (Å²) in [5, 5.41) is 0. The summed E-state index contributed by atoms with van der Waals surface area (Å²) in [6.07, 6.45) is 13.5. The largest absolute Gasteiger partial charge is 0.299 e. The molecule has 3 fully saturated rings. The van der Waals surface area contributed by atoms with Gasteiger partial charge in [-0.05, 0) is 68.6 Å². The third kappa shape index (κ3) is 2.51. The summed E-state index contributed by atoms with van der Waals surface area (Å²) in [5.41, 5.74) is 0. The molecule has 0 aromatic carbocycles. The van der Waals surface area contributed by atoms with Crippen molar-refractivity contribution in [3.8, 4) is 0 Å². The number of hydrogen-bond acceptors (Lipinski definition) is 1. The van der Waals surface area contributed by atoms with Gasteiger partial charge in [0.25, 0.3) is 0 Å². The Kier molecular flexibility index (Phi) is 3.77. The van der Waals surface area contributed by atoms with Crippen molar-refractivity contribution in [2.45, 2.75) is 71.1 Å². The molecule has 0 saturated heterocycles. The minimum Gasteiger partial charge on any atom is -0.299 e. The van der Waals surface area contributed by atoms with Crippen LogP contribution in [0.1, 0.15) is 71.1 Å². The molecule has 0 bridgehead atoms. The first-order valence-corrected chi connectivity index (χ1v) is 8.26. The molecular formula is C17H28O. The van der Waals surface area contributed by atoms with Crippen LogP contribution in [0.3, 0.4) is 0 Å². The van der Waals surface area contributed by atoms with Crippen molar-refractivity contribution in [2.75, 3.05) is 0 Å². The summed E-state index contributed by atoms with van der Waals surface area (Å²) in [6.45, 7) is 2.41. The minimum atomic E-state index is 0.484. The van der Waals surface area contributed by atoms with Gasteiger partial charge in [-0.1, -0.05) is 19.8 Å². The second-order valence-electron chi connectivity index (χ2n) is 7.31. The summed E-state index contributed by atoms with van der Waals surface area (Å²) in [4.78, 5) is 11.5. The van der Waals surface area contributed by atoms with Crippen LogP contribution in [0.4, 0.5) is 0 Å². The van der Waals surface area contributed by atoms with Gasteiger partial charge in [0.05, 0.1) is 0 Å². The maximum atomic E-state index is 11.5. The van der Waals surface area contributed by atoms with Crippen LogP contribution in [0, 0.1) is 29.6 Å². The lowest BCUT2D eigenvalue weighted by molar-refractivity contribution is -0.132. The van der Waals surface area contributed by atoms with E-state index < -0.39 is 0 Å². The molecule has 0 aromatic heterocycles. The van der Waals surface area contributed by atoms with Gasteiger partial charge >= 0.3 is 0 Å². The van der Waals surface area contributed by atoms with Crippen LogP contribution in [0.5, 0.6) is 0 Å². The first-order valence-electron chi connectivity index (χ1n) is 8.26. The summed E-state index contributed by atoms with van der Waals surface area (Å²) >= 11 is 0.